The molecule has 7 heteroatoms. The molecule has 0 atom stereocenters. The molecule has 1 amide bonds. The second kappa shape index (κ2) is 8.05. The fourth-order valence-corrected chi connectivity index (χ4v) is 2.89. The first-order valence-corrected chi connectivity index (χ1v) is 8.65. The van der Waals surface area contributed by atoms with E-state index in [0.29, 0.717) is 39.7 Å². The first kappa shape index (κ1) is 18.0. The van der Waals surface area contributed by atoms with Crippen LogP contribution in [0.15, 0.2) is 57.5 Å². The van der Waals surface area contributed by atoms with Crippen LogP contribution in [0.5, 0.6) is 11.5 Å². The van der Waals surface area contributed by atoms with E-state index in [4.69, 9.17) is 14.0 Å². The van der Waals surface area contributed by atoms with Gasteiger partial charge in [-0.3, -0.25) is 4.79 Å². The number of nitrogens with zero attached hydrogens (tertiary/aromatic N) is 1. The minimum Gasteiger partial charge on any atom is -0.493 e. The highest BCUT2D eigenvalue weighted by Crippen LogP contribution is 2.37. The second-order valence-corrected chi connectivity index (χ2v) is 6.39. The molecule has 3 aromatic rings. The molecule has 0 bridgehead atoms. The van der Waals surface area contributed by atoms with Crippen LogP contribution in [-0.4, -0.2) is 18.2 Å². The lowest BCUT2D eigenvalue weighted by Crippen LogP contribution is -2.12. The molecule has 0 saturated heterocycles. The largest absolute Gasteiger partial charge is 0.493 e. The van der Waals surface area contributed by atoms with Gasteiger partial charge in [0.2, 0.25) is 0 Å². The van der Waals surface area contributed by atoms with Gasteiger partial charge in [0.05, 0.1) is 11.6 Å². The van der Waals surface area contributed by atoms with Crippen molar-refractivity contribution in [3.05, 3.63) is 69.9 Å². The van der Waals surface area contributed by atoms with Crippen molar-refractivity contribution in [2.24, 2.45) is 0 Å². The Bertz CT molecular complexity index is 909. The molecule has 2 aromatic carbocycles. The average Bonchev–Trinajstić information content (AvgIpc) is 3.05. The summed E-state index contributed by atoms with van der Waals surface area (Å²) < 4.78 is 16.8. The van der Waals surface area contributed by atoms with Crippen molar-refractivity contribution in [3.63, 3.8) is 0 Å². The standard InChI is InChI=1S/C19H17BrN2O4/c1-12-8-17(22-26-12)21-19(23)14-9-15(20)18(16(10-14)24-2)25-11-13-6-4-3-5-7-13/h3-10H,11H2,1-2H3,(H,21,22,23). The zero-order valence-electron chi connectivity index (χ0n) is 14.3. The predicted molar refractivity (Wildman–Crippen MR) is 101 cm³/mol. The summed E-state index contributed by atoms with van der Waals surface area (Å²) in [6.07, 6.45) is 0. The number of carbonyl (C=O) groups is 1. The van der Waals surface area contributed by atoms with Crippen molar-refractivity contribution < 1.29 is 18.8 Å². The molecule has 0 saturated carbocycles. The number of rotatable bonds is 6. The van der Waals surface area contributed by atoms with E-state index >= 15 is 0 Å². The van der Waals surface area contributed by atoms with E-state index < -0.39 is 0 Å². The predicted octanol–water partition coefficient (Wildman–Crippen LogP) is 4.59. The molecule has 26 heavy (non-hydrogen) atoms. The van der Waals surface area contributed by atoms with Crippen molar-refractivity contribution in [3.8, 4) is 11.5 Å². The van der Waals surface area contributed by atoms with E-state index in [1.807, 2.05) is 30.3 Å². The van der Waals surface area contributed by atoms with Gasteiger partial charge in [-0.1, -0.05) is 35.5 Å². The lowest BCUT2D eigenvalue weighted by atomic mass is 10.2. The van der Waals surface area contributed by atoms with Crippen LogP contribution in [-0.2, 0) is 6.61 Å². The van der Waals surface area contributed by atoms with E-state index in [9.17, 15) is 4.79 Å². The van der Waals surface area contributed by atoms with Crippen LogP contribution in [0.25, 0.3) is 0 Å². The molecule has 0 aliphatic carbocycles. The van der Waals surface area contributed by atoms with Gasteiger partial charge in [-0.25, -0.2) is 0 Å². The van der Waals surface area contributed by atoms with Crippen molar-refractivity contribution in [1.82, 2.24) is 5.16 Å². The molecule has 6 nitrogen and oxygen atoms in total. The number of nitrogens with one attached hydrogen (secondary N) is 1. The fourth-order valence-electron chi connectivity index (χ4n) is 2.33. The maximum absolute atomic E-state index is 12.4. The van der Waals surface area contributed by atoms with Gasteiger partial charge in [0.25, 0.3) is 5.91 Å². The first-order chi connectivity index (χ1) is 12.6. The van der Waals surface area contributed by atoms with E-state index in [0.717, 1.165) is 5.56 Å². The zero-order valence-corrected chi connectivity index (χ0v) is 15.9. The van der Waals surface area contributed by atoms with Crippen molar-refractivity contribution >= 4 is 27.7 Å². The van der Waals surface area contributed by atoms with E-state index in [1.165, 1.54) is 7.11 Å². The molecular formula is C19H17BrN2O4. The summed E-state index contributed by atoms with van der Waals surface area (Å²) in [5, 5.41) is 6.43. The number of halogens is 1. The van der Waals surface area contributed by atoms with Crippen LogP contribution >= 0.6 is 15.9 Å². The molecule has 0 radical (unpaired) electrons. The lowest BCUT2D eigenvalue weighted by Gasteiger charge is -2.14. The van der Waals surface area contributed by atoms with Crippen LogP contribution in [0, 0.1) is 6.92 Å². The number of ether oxygens (including phenoxy) is 2. The second-order valence-electron chi connectivity index (χ2n) is 5.54. The molecule has 0 unspecified atom stereocenters. The molecule has 1 N–H and O–H groups in total. The summed E-state index contributed by atoms with van der Waals surface area (Å²) in [5.41, 5.74) is 1.44. The minimum absolute atomic E-state index is 0.327. The van der Waals surface area contributed by atoms with Crippen molar-refractivity contribution in [1.29, 1.82) is 0 Å². The molecule has 1 heterocycles. The van der Waals surface area contributed by atoms with Crippen LogP contribution in [0.1, 0.15) is 21.7 Å². The number of aromatic nitrogens is 1. The van der Waals surface area contributed by atoms with E-state index in [-0.39, 0.29) is 5.91 Å². The minimum atomic E-state index is -0.327. The number of hydrogen-bond donors (Lipinski definition) is 1. The van der Waals surface area contributed by atoms with Gasteiger partial charge in [-0.2, -0.15) is 0 Å². The van der Waals surface area contributed by atoms with Gasteiger partial charge < -0.3 is 19.3 Å². The average molecular weight is 417 g/mol. The van der Waals surface area contributed by atoms with E-state index in [1.54, 1.807) is 25.1 Å². The van der Waals surface area contributed by atoms with Crippen LogP contribution in [0.4, 0.5) is 5.82 Å². The smallest absolute Gasteiger partial charge is 0.257 e. The Kier molecular flexibility index (Phi) is 5.58. The Hall–Kier alpha value is -2.80. The summed E-state index contributed by atoms with van der Waals surface area (Å²) in [7, 11) is 1.53. The highest BCUT2D eigenvalue weighted by atomic mass is 79.9. The topological polar surface area (TPSA) is 73.6 Å². The molecule has 1 aromatic heterocycles. The number of amides is 1. The van der Waals surface area contributed by atoms with Gasteiger partial charge in [0, 0.05) is 11.6 Å². The lowest BCUT2D eigenvalue weighted by molar-refractivity contribution is 0.102. The molecule has 0 aliphatic rings. The Morgan fingerprint density at radius 2 is 2.00 bits per heavy atom. The molecule has 0 spiro atoms. The Labute approximate surface area is 159 Å². The maximum Gasteiger partial charge on any atom is 0.257 e. The molecule has 0 fully saturated rings. The third-order valence-corrected chi connectivity index (χ3v) is 4.18. The Morgan fingerprint density at radius 3 is 2.65 bits per heavy atom. The third-order valence-electron chi connectivity index (χ3n) is 3.59. The number of carbonyl (C=O) groups excluding carboxylic acids is 1. The normalized spacial score (nSPS) is 10.4. The van der Waals surface area contributed by atoms with Crippen molar-refractivity contribution in [2.45, 2.75) is 13.5 Å². The van der Waals surface area contributed by atoms with Gasteiger partial charge in [-0.05, 0) is 40.5 Å². The summed E-state index contributed by atoms with van der Waals surface area (Å²) in [6.45, 7) is 2.14. The Balaban J connectivity index is 1.79. The van der Waals surface area contributed by atoms with Gasteiger partial charge in [0.15, 0.2) is 17.3 Å². The summed E-state index contributed by atoms with van der Waals surface area (Å²) in [4.78, 5) is 12.4. The summed E-state index contributed by atoms with van der Waals surface area (Å²) >= 11 is 3.45. The SMILES string of the molecule is COc1cc(C(=O)Nc2cc(C)on2)cc(Br)c1OCc1ccccc1. The van der Waals surface area contributed by atoms with Gasteiger partial charge in [0.1, 0.15) is 12.4 Å². The Morgan fingerprint density at radius 1 is 1.23 bits per heavy atom. The monoisotopic (exact) mass is 416 g/mol. The number of aryl methyl sites for hydroxylation is 1. The van der Waals surface area contributed by atoms with Crippen LogP contribution in [0.3, 0.4) is 0 Å². The summed E-state index contributed by atoms with van der Waals surface area (Å²) in [6, 6.07) is 14.7. The fraction of sp³-hybridized carbons (Fsp3) is 0.158. The first-order valence-electron chi connectivity index (χ1n) is 7.85. The molecule has 134 valence electrons. The van der Waals surface area contributed by atoms with Gasteiger partial charge in [-0.15, -0.1) is 0 Å². The van der Waals surface area contributed by atoms with E-state index in [2.05, 4.69) is 26.4 Å². The summed E-state index contributed by atoms with van der Waals surface area (Å²) in [5.74, 6) is 1.63. The molecule has 0 aliphatic heterocycles. The van der Waals surface area contributed by atoms with Crippen molar-refractivity contribution in [2.75, 3.05) is 12.4 Å². The number of methoxy groups -OCH3 is 1. The third kappa shape index (κ3) is 4.23. The number of hydrogen-bond acceptors (Lipinski definition) is 5. The maximum atomic E-state index is 12.4. The molecule has 3 rings (SSSR count). The number of anilines is 1. The highest BCUT2D eigenvalue weighted by molar-refractivity contribution is 9.10. The molecular weight excluding hydrogens is 400 g/mol. The number of benzene rings is 2. The zero-order chi connectivity index (χ0) is 18.5. The highest BCUT2D eigenvalue weighted by Gasteiger charge is 2.17. The quantitative estimate of drug-likeness (QED) is 0.636. The van der Waals surface area contributed by atoms with Gasteiger partial charge >= 0.3 is 0 Å². The van der Waals surface area contributed by atoms with Crippen LogP contribution < -0.4 is 14.8 Å². The van der Waals surface area contributed by atoms with Crippen LogP contribution in [0.2, 0.25) is 0 Å².